The summed E-state index contributed by atoms with van der Waals surface area (Å²) >= 11 is 0. The van der Waals surface area contributed by atoms with Crippen molar-refractivity contribution in [1.29, 1.82) is 0 Å². The normalized spacial score (nSPS) is 30.2. The molecule has 2 aromatic rings. The van der Waals surface area contributed by atoms with E-state index < -0.39 is 42.3 Å². The number of aliphatic hydroxyl groups excluding tert-OH is 3. The molecule has 0 spiro atoms. The first-order valence-electron chi connectivity index (χ1n) is 7.00. The summed E-state index contributed by atoms with van der Waals surface area (Å²) in [7, 11) is 0. The van der Waals surface area contributed by atoms with Gasteiger partial charge in [-0.15, -0.1) is 0 Å². The number of hydrogen-bond donors (Lipinski definition) is 4. The summed E-state index contributed by atoms with van der Waals surface area (Å²) in [5.41, 5.74) is -0.334. The van der Waals surface area contributed by atoms with E-state index in [2.05, 4.69) is 0 Å². The Morgan fingerprint density at radius 1 is 1.04 bits per heavy atom. The van der Waals surface area contributed by atoms with Crippen LogP contribution >= 0.6 is 0 Å². The quantitative estimate of drug-likeness (QED) is 0.521. The number of benzene rings is 1. The molecule has 3 unspecified atom stereocenters. The van der Waals surface area contributed by atoms with Gasteiger partial charge in [0.15, 0.2) is 6.10 Å². The third kappa shape index (κ3) is 2.97. The Bertz CT molecular complexity index is 814. The van der Waals surface area contributed by atoms with Crippen LogP contribution in [0, 0.1) is 0 Å². The second kappa shape index (κ2) is 6.21. The van der Waals surface area contributed by atoms with E-state index in [-0.39, 0.29) is 11.3 Å². The number of rotatable bonds is 3. The molecule has 0 amide bonds. The van der Waals surface area contributed by atoms with Crippen molar-refractivity contribution >= 4 is 16.9 Å². The second-order valence-corrected chi connectivity index (χ2v) is 5.31. The predicted octanol–water partition coefficient (Wildman–Crippen LogP) is -0.936. The molecule has 9 heteroatoms. The number of ether oxygens (including phenoxy) is 2. The molecule has 0 bridgehead atoms. The topological polar surface area (TPSA) is 147 Å². The second-order valence-electron chi connectivity index (χ2n) is 5.31. The molecule has 5 atom stereocenters. The SMILES string of the molecule is O=C(O)C1O[C@H](Oc2ccc3ccc(=O)oc3c2)C(O)C(O)[C@H]1O. The lowest BCUT2D eigenvalue weighted by Gasteiger charge is -2.38. The van der Waals surface area contributed by atoms with Crippen molar-refractivity contribution in [1.82, 2.24) is 0 Å². The van der Waals surface area contributed by atoms with Gasteiger partial charge in [0.05, 0.1) is 0 Å². The minimum Gasteiger partial charge on any atom is -0.479 e. The summed E-state index contributed by atoms with van der Waals surface area (Å²) < 4.78 is 15.3. The molecule has 9 nitrogen and oxygen atoms in total. The van der Waals surface area contributed by atoms with Crippen LogP contribution in [0.5, 0.6) is 5.75 Å². The minimum atomic E-state index is -1.80. The van der Waals surface area contributed by atoms with Gasteiger partial charge in [-0.3, -0.25) is 0 Å². The van der Waals surface area contributed by atoms with Gasteiger partial charge in [-0.2, -0.15) is 0 Å². The Balaban J connectivity index is 1.86. The number of carboxylic acids is 1. The summed E-state index contributed by atoms with van der Waals surface area (Å²) in [6, 6.07) is 7.25. The van der Waals surface area contributed by atoms with Gasteiger partial charge in [0.1, 0.15) is 29.6 Å². The Morgan fingerprint density at radius 2 is 1.75 bits per heavy atom. The first-order chi connectivity index (χ1) is 11.4. The van der Waals surface area contributed by atoms with Crippen molar-refractivity contribution in [3.05, 3.63) is 40.8 Å². The van der Waals surface area contributed by atoms with Crippen LogP contribution in [0.1, 0.15) is 0 Å². The maximum atomic E-state index is 11.2. The summed E-state index contributed by atoms with van der Waals surface area (Å²) in [6.07, 6.45) is -8.52. The fourth-order valence-electron chi connectivity index (χ4n) is 2.40. The van der Waals surface area contributed by atoms with Gasteiger partial charge in [-0.05, 0) is 18.2 Å². The van der Waals surface area contributed by atoms with Gasteiger partial charge in [-0.25, -0.2) is 9.59 Å². The molecule has 1 aliphatic rings. The third-order valence-corrected chi connectivity index (χ3v) is 3.66. The zero-order chi connectivity index (χ0) is 17.4. The molecule has 0 aliphatic carbocycles. The summed E-state index contributed by atoms with van der Waals surface area (Å²) in [4.78, 5) is 22.3. The highest BCUT2D eigenvalue weighted by Crippen LogP contribution is 2.26. The van der Waals surface area contributed by atoms with E-state index in [1.54, 1.807) is 12.1 Å². The monoisotopic (exact) mass is 338 g/mol. The van der Waals surface area contributed by atoms with Gasteiger partial charge in [0.2, 0.25) is 6.29 Å². The van der Waals surface area contributed by atoms with E-state index in [0.717, 1.165) is 0 Å². The molecular formula is C15H14O9. The predicted molar refractivity (Wildman–Crippen MR) is 77.4 cm³/mol. The number of carboxylic acid groups (broad SMARTS) is 1. The van der Waals surface area contributed by atoms with Crippen LogP contribution in [0.25, 0.3) is 11.0 Å². The molecule has 2 heterocycles. The van der Waals surface area contributed by atoms with Crippen molar-refractivity contribution in [3.63, 3.8) is 0 Å². The smallest absolute Gasteiger partial charge is 0.336 e. The van der Waals surface area contributed by atoms with Gasteiger partial charge < -0.3 is 34.3 Å². The van der Waals surface area contributed by atoms with E-state index in [0.29, 0.717) is 5.39 Å². The molecule has 1 fully saturated rings. The zero-order valence-electron chi connectivity index (χ0n) is 12.1. The summed E-state index contributed by atoms with van der Waals surface area (Å²) in [5, 5.41) is 38.9. The molecule has 1 saturated heterocycles. The number of aliphatic carboxylic acids is 1. The minimum absolute atomic E-state index is 0.119. The fourth-order valence-corrected chi connectivity index (χ4v) is 2.40. The lowest BCUT2D eigenvalue weighted by atomic mass is 9.99. The standard InChI is InChI=1S/C15H14O9/c16-9-4-2-6-1-3-7(5-8(6)23-9)22-15-12(19)10(17)11(18)13(24-15)14(20)21/h1-5,10-13,15,17-19H,(H,20,21)/t10?,11-,12?,13?,15+/m1/s1. The largest absolute Gasteiger partial charge is 0.479 e. The van der Waals surface area contributed by atoms with Crippen LogP contribution in [-0.4, -0.2) is 57.1 Å². The molecule has 1 aliphatic heterocycles. The van der Waals surface area contributed by atoms with E-state index in [4.69, 9.17) is 19.0 Å². The number of fused-ring (bicyclic) bond motifs is 1. The Morgan fingerprint density at radius 3 is 2.46 bits per heavy atom. The van der Waals surface area contributed by atoms with Crippen molar-refractivity contribution in [2.24, 2.45) is 0 Å². The molecular weight excluding hydrogens is 324 g/mol. The molecule has 3 rings (SSSR count). The summed E-state index contributed by atoms with van der Waals surface area (Å²) in [5.74, 6) is -1.39. The van der Waals surface area contributed by atoms with Crippen molar-refractivity contribution in [2.45, 2.75) is 30.7 Å². The fraction of sp³-hybridized carbons (Fsp3) is 0.333. The van der Waals surface area contributed by atoms with Gasteiger partial charge in [-0.1, -0.05) is 0 Å². The Hall–Kier alpha value is -2.46. The number of carbonyl (C=O) groups is 1. The highest BCUT2D eigenvalue weighted by molar-refractivity contribution is 5.77. The third-order valence-electron chi connectivity index (χ3n) is 3.66. The average Bonchev–Trinajstić information content (AvgIpc) is 2.54. The first kappa shape index (κ1) is 16.4. The van der Waals surface area contributed by atoms with Gasteiger partial charge in [0, 0.05) is 17.5 Å². The van der Waals surface area contributed by atoms with E-state index >= 15 is 0 Å². The van der Waals surface area contributed by atoms with E-state index in [9.17, 15) is 24.9 Å². The maximum Gasteiger partial charge on any atom is 0.336 e. The van der Waals surface area contributed by atoms with Crippen LogP contribution in [0.4, 0.5) is 0 Å². The van der Waals surface area contributed by atoms with E-state index in [1.807, 2.05) is 0 Å². The highest BCUT2D eigenvalue weighted by atomic mass is 16.7. The lowest BCUT2D eigenvalue weighted by molar-refractivity contribution is -0.271. The molecule has 1 aromatic carbocycles. The van der Waals surface area contributed by atoms with Crippen LogP contribution in [0.2, 0.25) is 0 Å². The van der Waals surface area contributed by atoms with Crippen LogP contribution in [-0.2, 0) is 9.53 Å². The molecule has 128 valence electrons. The molecule has 24 heavy (non-hydrogen) atoms. The Labute approximate surface area is 134 Å². The number of aliphatic hydroxyl groups is 3. The van der Waals surface area contributed by atoms with Crippen molar-refractivity contribution in [2.75, 3.05) is 0 Å². The molecule has 4 N–H and O–H groups in total. The molecule has 0 radical (unpaired) electrons. The average molecular weight is 338 g/mol. The lowest BCUT2D eigenvalue weighted by Crippen LogP contribution is -2.61. The molecule has 0 saturated carbocycles. The van der Waals surface area contributed by atoms with Crippen molar-refractivity contribution in [3.8, 4) is 5.75 Å². The van der Waals surface area contributed by atoms with Crippen LogP contribution < -0.4 is 10.4 Å². The van der Waals surface area contributed by atoms with Gasteiger partial charge >= 0.3 is 11.6 Å². The maximum absolute atomic E-state index is 11.2. The first-order valence-corrected chi connectivity index (χ1v) is 7.00. The zero-order valence-corrected chi connectivity index (χ0v) is 12.1. The molecule has 1 aromatic heterocycles. The van der Waals surface area contributed by atoms with Crippen LogP contribution in [0.3, 0.4) is 0 Å². The van der Waals surface area contributed by atoms with Crippen molar-refractivity contribution < 1.29 is 39.1 Å². The van der Waals surface area contributed by atoms with E-state index in [1.165, 1.54) is 18.2 Å². The summed E-state index contributed by atoms with van der Waals surface area (Å²) in [6.45, 7) is 0. The highest BCUT2D eigenvalue weighted by Gasteiger charge is 2.48. The number of hydrogen-bond acceptors (Lipinski definition) is 8. The Kier molecular flexibility index (Phi) is 4.24. The van der Waals surface area contributed by atoms with Gasteiger partial charge in [0.25, 0.3) is 0 Å². The van der Waals surface area contributed by atoms with Crippen LogP contribution in [0.15, 0.2) is 39.5 Å².